The maximum Gasteiger partial charge on any atom is 0.0775 e. The Morgan fingerprint density at radius 1 is 1.16 bits per heavy atom. The molecular formula is C18H26O. The summed E-state index contributed by atoms with van der Waals surface area (Å²) in [4.78, 5) is 0. The Morgan fingerprint density at radius 2 is 1.79 bits per heavy atom. The van der Waals surface area contributed by atoms with Crippen molar-refractivity contribution in [3.8, 4) is 0 Å². The molecule has 19 heavy (non-hydrogen) atoms. The average molecular weight is 258 g/mol. The van der Waals surface area contributed by atoms with Crippen LogP contribution in [-0.4, -0.2) is 10.7 Å². The molecule has 1 N–H and O–H groups in total. The molecule has 0 radical (unpaired) electrons. The van der Waals surface area contributed by atoms with Crippen LogP contribution in [0.2, 0.25) is 0 Å². The van der Waals surface area contributed by atoms with Gasteiger partial charge in [0.15, 0.2) is 0 Å². The molecule has 1 saturated carbocycles. The quantitative estimate of drug-likeness (QED) is 0.782. The standard InChI is InChI=1S/C18H26O/c1-3-4-13-17(2,16-11-7-5-8-12-16)18(19)14-9-6-10-15-18/h4-5,7-8,11-13,19H,3,6,9-10,14-15H2,1-2H3/b13-4+. The second-order valence-electron chi connectivity index (χ2n) is 5.97. The van der Waals surface area contributed by atoms with Crippen molar-refractivity contribution in [1.82, 2.24) is 0 Å². The Labute approximate surface area is 117 Å². The molecule has 0 amide bonds. The topological polar surface area (TPSA) is 20.2 Å². The van der Waals surface area contributed by atoms with E-state index in [1.165, 1.54) is 12.0 Å². The van der Waals surface area contributed by atoms with Crippen LogP contribution in [0.5, 0.6) is 0 Å². The van der Waals surface area contributed by atoms with Gasteiger partial charge in [0.2, 0.25) is 0 Å². The van der Waals surface area contributed by atoms with Crippen molar-refractivity contribution in [2.75, 3.05) is 0 Å². The van der Waals surface area contributed by atoms with Gasteiger partial charge in [-0.05, 0) is 31.7 Å². The van der Waals surface area contributed by atoms with Crippen molar-refractivity contribution >= 4 is 0 Å². The summed E-state index contributed by atoms with van der Waals surface area (Å²) >= 11 is 0. The highest BCUT2D eigenvalue weighted by Crippen LogP contribution is 2.45. The first-order valence-electron chi connectivity index (χ1n) is 7.58. The predicted molar refractivity (Wildman–Crippen MR) is 81.3 cm³/mol. The van der Waals surface area contributed by atoms with E-state index in [9.17, 15) is 5.11 Å². The fourth-order valence-electron chi connectivity index (χ4n) is 3.31. The smallest absolute Gasteiger partial charge is 0.0775 e. The lowest BCUT2D eigenvalue weighted by molar-refractivity contribution is -0.0448. The lowest BCUT2D eigenvalue weighted by atomic mass is 9.62. The highest BCUT2D eigenvalue weighted by molar-refractivity contribution is 5.35. The molecule has 0 saturated heterocycles. The second-order valence-corrected chi connectivity index (χ2v) is 5.97. The average Bonchev–Trinajstić information content (AvgIpc) is 2.46. The molecular weight excluding hydrogens is 232 g/mol. The van der Waals surface area contributed by atoms with Crippen molar-refractivity contribution in [2.45, 2.75) is 63.4 Å². The third kappa shape index (κ3) is 2.76. The molecule has 1 heteroatoms. The fraction of sp³-hybridized carbons (Fsp3) is 0.556. The van der Waals surface area contributed by atoms with Crippen molar-refractivity contribution in [3.05, 3.63) is 48.0 Å². The van der Waals surface area contributed by atoms with Crippen LogP contribution in [0.4, 0.5) is 0 Å². The van der Waals surface area contributed by atoms with E-state index in [1.807, 2.05) is 6.07 Å². The van der Waals surface area contributed by atoms with Gasteiger partial charge >= 0.3 is 0 Å². The SMILES string of the molecule is CC/C=C/C(C)(c1ccccc1)C1(O)CCCCC1. The van der Waals surface area contributed by atoms with Gasteiger partial charge in [0.25, 0.3) is 0 Å². The van der Waals surface area contributed by atoms with E-state index in [-0.39, 0.29) is 5.41 Å². The first kappa shape index (κ1) is 14.3. The van der Waals surface area contributed by atoms with Crippen LogP contribution in [-0.2, 0) is 5.41 Å². The Balaban J connectivity index is 2.42. The summed E-state index contributed by atoms with van der Waals surface area (Å²) in [6, 6.07) is 10.5. The van der Waals surface area contributed by atoms with Gasteiger partial charge in [0.1, 0.15) is 0 Å². The summed E-state index contributed by atoms with van der Waals surface area (Å²) in [6.07, 6.45) is 10.8. The van der Waals surface area contributed by atoms with Gasteiger partial charge in [-0.15, -0.1) is 0 Å². The van der Waals surface area contributed by atoms with E-state index in [2.05, 4.69) is 50.3 Å². The minimum Gasteiger partial charge on any atom is -0.389 e. The molecule has 0 aromatic heterocycles. The molecule has 2 rings (SSSR count). The van der Waals surface area contributed by atoms with Gasteiger partial charge in [0.05, 0.1) is 5.60 Å². The highest BCUT2D eigenvalue weighted by Gasteiger charge is 2.46. The Hall–Kier alpha value is -1.08. The van der Waals surface area contributed by atoms with Gasteiger partial charge in [-0.2, -0.15) is 0 Å². The van der Waals surface area contributed by atoms with Gasteiger partial charge in [-0.3, -0.25) is 0 Å². The molecule has 1 aromatic rings. The molecule has 0 bridgehead atoms. The number of aliphatic hydroxyl groups is 1. The van der Waals surface area contributed by atoms with Gasteiger partial charge in [0, 0.05) is 5.41 Å². The molecule has 1 aliphatic rings. The number of hydrogen-bond donors (Lipinski definition) is 1. The monoisotopic (exact) mass is 258 g/mol. The maximum atomic E-state index is 11.2. The zero-order valence-electron chi connectivity index (χ0n) is 12.2. The van der Waals surface area contributed by atoms with E-state index in [4.69, 9.17) is 0 Å². The molecule has 0 heterocycles. The van der Waals surface area contributed by atoms with Gasteiger partial charge in [-0.25, -0.2) is 0 Å². The molecule has 1 atom stereocenters. The van der Waals surface area contributed by atoms with E-state index < -0.39 is 5.60 Å². The van der Waals surface area contributed by atoms with Crippen molar-refractivity contribution in [2.24, 2.45) is 0 Å². The summed E-state index contributed by atoms with van der Waals surface area (Å²) in [5, 5.41) is 11.2. The van der Waals surface area contributed by atoms with Crippen LogP contribution in [0.25, 0.3) is 0 Å². The third-order valence-corrected chi connectivity index (χ3v) is 4.71. The predicted octanol–water partition coefficient (Wildman–Crippen LogP) is 4.61. The molecule has 1 aliphatic carbocycles. The Bertz CT molecular complexity index is 415. The summed E-state index contributed by atoms with van der Waals surface area (Å²) in [5.74, 6) is 0. The molecule has 1 nitrogen and oxygen atoms in total. The van der Waals surface area contributed by atoms with E-state index in [1.54, 1.807) is 0 Å². The summed E-state index contributed by atoms with van der Waals surface area (Å²) < 4.78 is 0. The summed E-state index contributed by atoms with van der Waals surface area (Å²) in [6.45, 7) is 4.34. The largest absolute Gasteiger partial charge is 0.389 e. The zero-order chi connectivity index (χ0) is 13.8. The minimum atomic E-state index is -0.599. The highest BCUT2D eigenvalue weighted by atomic mass is 16.3. The van der Waals surface area contributed by atoms with Crippen LogP contribution < -0.4 is 0 Å². The van der Waals surface area contributed by atoms with Crippen LogP contribution in [0.1, 0.15) is 57.9 Å². The second kappa shape index (κ2) is 5.92. The van der Waals surface area contributed by atoms with Crippen LogP contribution >= 0.6 is 0 Å². The van der Waals surface area contributed by atoms with Crippen molar-refractivity contribution in [1.29, 1.82) is 0 Å². The first-order valence-corrected chi connectivity index (χ1v) is 7.58. The lowest BCUT2D eigenvalue weighted by Gasteiger charge is -2.46. The number of rotatable bonds is 4. The molecule has 0 aliphatic heterocycles. The van der Waals surface area contributed by atoms with Crippen LogP contribution in [0.15, 0.2) is 42.5 Å². The first-order chi connectivity index (χ1) is 9.12. The lowest BCUT2D eigenvalue weighted by Crippen LogP contribution is -2.49. The maximum absolute atomic E-state index is 11.2. The molecule has 104 valence electrons. The van der Waals surface area contributed by atoms with E-state index in [0.29, 0.717) is 0 Å². The van der Waals surface area contributed by atoms with Gasteiger partial charge in [-0.1, -0.05) is 68.7 Å². The van der Waals surface area contributed by atoms with Crippen molar-refractivity contribution < 1.29 is 5.11 Å². The normalized spacial score (nSPS) is 22.3. The number of benzene rings is 1. The third-order valence-electron chi connectivity index (χ3n) is 4.71. The minimum absolute atomic E-state index is 0.273. The zero-order valence-corrected chi connectivity index (χ0v) is 12.2. The molecule has 1 fully saturated rings. The molecule has 1 aromatic carbocycles. The summed E-state index contributed by atoms with van der Waals surface area (Å²) in [5.41, 5.74) is 0.354. The van der Waals surface area contributed by atoms with E-state index >= 15 is 0 Å². The Kier molecular flexibility index (Phi) is 4.46. The van der Waals surface area contributed by atoms with Crippen molar-refractivity contribution in [3.63, 3.8) is 0 Å². The van der Waals surface area contributed by atoms with Crippen LogP contribution in [0, 0.1) is 0 Å². The number of allylic oxidation sites excluding steroid dienone is 1. The van der Waals surface area contributed by atoms with Gasteiger partial charge < -0.3 is 5.11 Å². The van der Waals surface area contributed by atoms with Crippen LogP contribution in [0.3, 0.4) is 0 Å². The Morgan fingerprint density at radius 3 is 2.37 bits per heavy atom. The number of hydrogen-bond acceptors (Lipinski definition) is 1. The summed E-state index contributed by atoms with van der Waals surface area (Å²) in [7, 11) is 0. The molecule has 0 spiro atoms. The van der Waals surface area contributed by atoms with E-state index in [0.717, 1.165) is 32.1 Å². The fourth-order valence-corrected chi connectivity index (χ4v) is 3.31. The molecule has 1 unspecified atom stereocenters.